The normalized spacial score (nSPS) is 11.0. The van der Waals surface area contributed by atoms with Crippen LogP contribution in [-0.2, 0) is 4.79 Å². The summed E-state index contributed by atoms with van der Waals surface area (Å²) in [5, 5.41) is 2.96. The number of benzene rings is 2. The van der Waals surface area contributed by atoms with E-state index in [1.165, 1.54) is 0 Å². The zero-order valence-corrected chi connectivity index (χ0v) is 14.7. The third kappa shape index (κ3) is 3.65. The van der Waals surface area contributed by atoms with Crippen LogP contribution in [-0.4, -0.2) is 18.0 Å². The zero-order valence-electron chi connectivity index (χ0n) is 14.7. The zero-order chi connectivity index (χ0) is 17.8. The van der Waals surface area contributed by atoms with Crippen molar-refractivity contribution in [1.82, 2.24) is 4.98 Å². The quantitative estimate of drug-likeness (QED) is 0.696. The molecule has 0 radical (unpaired) electrons. The van der Waals surface area contributed by atoms with E-state index in [1.54, 1.807) is 7.11 Å². The third-order valence-electron chi connectivity index (χ3n) is 4.35. The van der Waals surface area contributed by atoms with Crippen LogP contribution >= 0.6 is 0 Å². The van der Waals surface area contributed by atoms with Crippen molar-refractivity contribution in [2.45, 2.75) is 26.7 Å². The van der Waals surface area contributed by atoms with Crippen LogP contribution in [0.3, 0.4) is 0 Å². The summed E-state index contributed by atoms with van der Waals surface area (Å²) in [6.07, 6.45) is 1.66. The predicted octanol–water partition coefficient (Wildman–Crippen LogP) is 4.88. The molecule has 0 aliphatic rings. The summed E-state index contributed by atoms with van der Waals surface area (Å²) in [6.45, 7) is 4.05. The minimum Gasteiger partial charge on any atom is -0.497 e. The van der Waals surface area contributed by atoms with E-state index in [1.807, 2.05) is 56.3 Å². The van der Waals surface area contributed by atoms with Crippen LogP contribution in [0.5, 0.6) is 5.75 Å². The minimum absolute atomic E-state index is 0.0304. The first-order chi connectivity index (χ1) is 12.1. The second-order valence-electron chi connectivity index (χ2n) is 5.93. The highest BCUT2D eigenvalue weighted by Gasteiger charge is 2.15. The molecule has 1 amide bonds. The first kappa shape index (κ1) is 17.0. The number of anilines is 1. The average molecular weight is 338 g/mol. The van der Waals surface area contributed by atoms with E-state index >= 15 is 0 Å². The monoisotopic (exact) mass is 338 g/mol. The van der Waals surface area contributed by atoms with Crippen LogP contribution in [0.15, 0.2) is 46.9 Å². The molecule has 1 N–H and O–H groups in total. The average Bonchev–Trinajstić information content (AvgIpc) is 3.06. The summed E-state index contributed by atoms with van der Waals surface area (Å²) in [6, 6.07) is 13.0. The highest BCUT2D eigenvalue weighted by Crippen LogP contribution is 2.27. The molecule has 0 spiro atoms. The van der Waals surface area contributed by atoms with Gasteiger partial charge >= 0.3 is 0 Å². The molecular formula is C20H22N2O3. The number of nitrogens with zero attached hydrogens (tertiary/aromatic N) is 1. The summed E-state index contributed by atoms with van der Waals surface area (Å²) in [4.78, 5) is 16.8. The van der Waals surface area contributed by atoms with Crippen LogP contribution in [0.25, 0.3) is 22.6 Å². The molecule has 5 heteroatoms. The van der Waals surface area contributed by atoms with Gasteiger partial charge in [0.25, 0.3) is 0 Å². The van der Waals surface area contributed by atoms with Gasteiger partial charge in [0.1, 0.15) is 11.3 Å². The Morgan fingerprint density at radius 3 is 2.52 bits per heavy atom. The first-order valence-electron chi connectivity index (χ1n) is 8.50. The maximum absolute atomic E-state index is 12.2. The number of methoxy groups -OCH3 is 1. The molecule has 1 aromatic heterocycles. The van der Waals surface area contributed by atoms with Crippen molar-refractivity contribution in [2.24, 2.45) is 5.92 Å². The van der Waals surface area contributed by atoms with E-state index in [-0.39, 0.29) is 11.8 Å². The molecule has 0 aliphatic heterocycles. The number of hydrogen-bond acceptors (Lipinski definition) is 4. The molecule has 2 aromatic carbocycles. The number of fused-ring (bicyclic) bond motifs is 1. The fourth-order valence-electron chi connectivity index (χ4n) is 2.77. The predicted molar refractivity (Wildman–Crippen MR) is 98.7 cm³/mol. The van der Waals surface area contributed by atoms with Gasteiger partial charge in [-0.1, -0.05) is 13.8 Å². The Bertz CT molecular complexity index is 864. The van der Waals surface area contributed by atoms with Crippen LogP contribution in [0.4, 0.5) is 5.69 Å². The van der Waals surface area contributed by atoms with Gasteiger partial charge in [0.15, 0.2) is 5.58 Å². The number of rotatable bonds is 6. The summed E-state index contributed by atoms with van der Waals surface area (Å²) in [7, 11) is 1.63. The Kier molecular flexibility index (Phi) is 5.03. The first-order valence-corrected chi connectivity index (χ1v) is 8.50. The Morgan fingerprint density at radius 1 is 1.16 bits per heavy atom. The number of hydrogen-bond donors (Lipinski definition) is 1. The van der Waals surface area contributed by atoms with E-state index < -0.39 is 0 Å². The van der Waals surface area contributed by atoms with Gasteiger partial charge in [-0.3, -0.25) is 4.79 Å². The molecule has 1 heterocycles. The molecule has 0 bridgehead atoms. The molecule has 130 valence electrons. The summed E-state index contributed by atoms with van der Waals surface area (Å²) in [5.74, 6) is 1.40. The fourth-order valence-corrected chi connectivity index (χ4v) is 2.77. The van der Waals surface area contributed by atoms with Crippen molar-refractivity contribution < 1.29 is 13.9 Å². The SMILES string of the molecule is CCC(CC)C(=O)Nc1ccc2oc(-c3ccc(OC)cc3)nc2c1. The number of carbonyl (C=O) groups excluding carboxylic acids is 1. The van der Waals surface area contributed by atoms with E-state index in [4.69, 9.17) is 9.15 Å². The van der Waals surface area contributed by atoms with Crippen molar-refractivity contribution >= 4 is 22.7 Å². The standard InChI is InChI=1S/C20H22N2O3/c1-4-13(5-2)19(23)21-15-8-11-18-17(12-15)22-20(25-18)14-6-9-16(24-3)10-7-14/h6-13H,4-5H2,1-3H3,(H,21,23). The molecule has 3 aromatic rings. The van der Waals surface area contributed by atoms with Crippen molar-refractivity contribution in [3.63, 3.8) is 0 Å². The highest BCUT2D eigenvalue weighted by molar-refractivity contribution is 5.94. The number of aromatic nitrogens is 1. The Balaban J connectivity index is 1.84. The molecular weight excluding hydrogens is 316 g/mol. The van der Waals surface area contributed by atoms with Gasteiger partial charge in [0.05, 0.1) is 7.11 Å². The van der Waals surface area contributed by atoms with Crippen LogP contribution in [0.2, 0.25) is 0 Å². The number of amides is 1. The number of carbonyl (C=O) groups is 1. The lowest BCUT2D eigenvalue weighted by atomic mass is 10.0. The fraction of sp³-hybridized carbons (Fsp3) is 0.300. The molecule has 0 saturated carbocycles. The topological polar surface area (TPSA) is 64.4 Å². The Hall–Kier alpha value is -2.82. The summed E-state index contributed by atoms with van der Waals surface area (Å²) >= 11 is 0. The minimum atomic E-state index is 0.0304. The largest absolute Gasteiger partial charge is 0.497 e. The van der Waals surface area contributed by atoms with E-state index in [9.17, 15) is 4.79 Å². The van der Waals surface area contributed by atoms with E-state index in [0.717, 1.165) is 29.8 Å². The molecule has 0 aliphatic carbocycles. The van der Waals surface area contributed by atoms with E-state index in [2.05, 4.69) is 10.3 Å². The molecule has 0 saturated heterocycles. The Labute approximate surface area is 147 Å². The maximum Gasteiger partial charge on any atom is 0.227 e. The van der Waals surface area contributed by atoms with Crippen molar-refractivity contribution in [3.05, 3.63) is 42.5 Å². The van der Waals surface area contributed by atoms with Gasteiger partial charge in [-0.2, -0.15) is 0 Å². The van der Waals surface area contributed by atoms with Gasteiger partial charge in [0.2, 0.25) is 11.8 Å². The van der Waals surface area contributed by atoms with Gasteiger partial charge in [-0.15, -0.1) is 0 Å². The van der Waals surface area contributed by atoms with Gasteiger partial charge in [0, 0.05) is 17.2 Å². The van der Waals surface area contributed by atoms with Crippen LogP contribution in [0, 0.1) is 5.92 Å². The number of oxazole rings is 1. The summed E-state index contributed by atoms with van der Waals surface area (Å²) < 4.78 is 11.0. The molecule has 0 atom stereocenters. The highest BCUT2D eigenvalue weighted by atomic mass is 16.5. The third-order valence-corrected chi connectivity index (χ3v) is 4.35. The number of nitrogens with one attached hydrogen (secondary N) is 1. The smallest absolute Gasteiger partial charge is 0.227 e. The lowest BCUT2D eigenvalue weighted by Gasteiger charge is -2.12. The lowest BCUT2D eigenvalue weighted by molar-refractivity contribution is -0.120. The molecule has 25 heavy (non-hydrogen) atoms. The second-order valence-corrected chi connectivity index (χ2v) is 5.93. The van der Waals surface area contributed by atoms with Crippen molar-refractivity contribution in [2.75, 3.05) is 12.4 Å². The molecule has 5 nitrogen and oxygen atoms in total. The van der Waals surface area contributed by atoms with E-state index in [0.29, 0.717) is 17.0 Å². The molecule has 3 rings (SSSR count). The van der Waals surface area contributed by atoms with Gasteiger partial charge < -0.3 is 14.5 Å². The summed E-state index contributed by atoms with van der Waals surface area (Å²) in [5.41, 5.74) is 3.01. The van der Waals surface area contributed by atoms with Crippen molar-refractivity contribution in [3.8, 4) is 17.2 Å². The lowest BCUT2D eigenvalue weighted by Crippen LogP contribution is -2.21. The van der Waals surface area contributed by atoms with Crippen LogP contribution < -0.4 is 10.1 Å². The van der Waals surface area contributed by atoms with Gasteiger partial charge in [-0.05, 0) is 55.3 Å². The molecule has 0 fully saturated rings. The second kappa shape index (κ2) is 7.38. The van der Waals surface area contributed by atoms with Crippen LogP contribution in [0.1, 0.15) is 26.7 Å². The maximum atomic E-state index is 12.2. The molecule has 0 unspecified atom stereocenters. The van der Waals surface area contributed by atoms with Crippen molar-refractivity contribution in [1.29, 1.82) is 0 Å². The Morgan fingerprint density at radius 2 is 1.88 bits per heavy atom. The number of ether oxygens (including phenoxy) is 1. The van der Waals surface area contributed by atoms with Gasteiger partial charge in [-0.25, -0.2) is 4.98 Å².